The van der Waals surface area contributed by atoms with Crippen molar-refractivity contribution in [2.75, 3.05) is 0 Å². The Hall–Kier alpha value is -0.680. The molecular weight excluding hydrogens is 344 g/mol. The van der Waals surface area contributed by atoms with E-state index in [4.69, 9.17) is 5.84 Å². The predicted octanol–water partition coefficient (Wildman–Crippen LogP) is 4.92. The van der Waals surface area contributed by atoms with Gasteiger partial charge in [-0.05, 0) is 45.3 Å². The van der Waals surface area contributed by atoms with E-state index in [0.29, 0.717) is 0 Å². The van der Waals surface area contributed by atoms with Gasteiger partial charge in [0.1, 0.15) is 0 Å². The van der Waals surface area contributed by atoms with Gasteiger partial charge in [-0.2, -0.15) is 11.3 Å². The van der Waals surface area contributed by atoms with Crippen LogP contribution in [0.5, 0.6) is 0 Å². The van der Waals surface area contributed by atoms with Gasteiger partial charge in [-0.25, -0.2) is 0 Å². The van der Waals surface area contributed by atoms with Crippen LogP contribution < -0.4 is 11.3 Å². The summed E-state index contributed by atoms with van der Waals surface area (Å²) < 4.78 is 1.16. The fourth-order valence-corrected chi connectivity index (χ4v) is 5.29. The summed E-state index contributed by atoms with van der Waals surface area (Å²) in [6, 6.07) is 11.0. The van der Waals surface area contributed by atoms with E-state index in [1.54, 1.807) is 11.3 Å². The van der Waals surface area contributed by atoms with Gasteiger partial charge in [-0.1, -0.05) is 49.6 Å². The first-order valence-corrected chi connectivity index (χ1v) is 9.25. The van der Waals surface area contributed by atoms with Crippen molar-refractivity contribution in [2.45, 2.75) is 43.6 Å². The Balaban J connectivity index is 2.08. The van der Waals surface area contributed by atoms with Gasteiger partial charge in [0, 0.05) is 15.3 Å². The van der Waals surface area contributed by atoms with Gasteiger partial charge in [0.05, 0.1) is 6.04 Å². The second kappa shape index (κ2) is 6.61. The lowest BCUT2D eigenvalue weighted by atomic mass is 9.64. The van der Waals surface area contributed by atoms with E-state index in [1.165, 1.54) is 43.2 Å². The molecule has 1 fully saturated rings. The molecule has 1 aliphatic rings. The van der Waals surface area contributed by atoms with E-state index < -0.39 is 0 Å². The Kier molecular flexibility index (Phi) is 4.79. The quantitative estimate of drug-likeness (QED) is 0.596. The number of hydrogen-bond acceptors (Lipinski definition) is 3. The third-order valence-corrected chi connectivity index (χ3v) is 6.52. The number of hydrogen-bond donors (Lipinski definition) is 2. The zero-order chi connectivity index (χ0) is 14.7. The second-order valence-electron chi connectivity index (χ2n) is 5.86. The maximum Gasteiger partial charge on any atom is 0.0575 e. The third kappa shape index (κ3) is 2.82. The van der Waals surface area contributed by atoms with E-state index >= 15 is 0 Å². The Morgan fingerprint density at radius 3 is 2.38 bits per heavy atom. The summed E-state index contributed by atoms with van der Waals surface area (Å²) in [7, 11) is 0. The van der Waals surface area contributed by atoms with Crippen LogP contribution >= 0.6 is 27.3 Å². The number of benzene rings is 1. The van der Waals surface area contributed by atoms with Crippen molar-refractivity contribution >= 4 is 27.3 Å². The fraction of sp³-hybridized carbons (Fsp3) is 0.412. The number of thiophene rings is 1. The molecule has 0 spiro atoms. The molecule has 0 saturated heterocycles. The molecule has 1 atom stereocenters. The highest BCUT2D eigenvalue weighted by atomic mass is 79.9. The summed E-state index contributed by atoms with van der Waals surface area (Å²) in [6.07, 6.45) is 6.25. The first kappa shape index (κ1) is 15.2. The van der Waals surface area contributed by atoms with Crippen LogP contribution in [-0.4, -0.2) is 0 Å². The van der Waals surface area contributed by atoms with Crippen molar-refractivity contribution in [2.24, 2.45) is 5.84 Å². The highest BCUT2D eigenvalue weighted by Gasteiger charge is 2.42. The van der Waals surface area contributed by atoms with Crippen molar-refractivity contribution in [1.29, 1.82) is 0 Å². The van der Waals surface area contributed by atoms with Gasteiger partial charge < -0.3 is 0 Å². The Morgan fingerprint density at radius 2 is 1.81 bits per heavy atom. The second-order valence-corrected chi connectivity index (χ2v) is 7.46. The molecule has 4 heteroatoms. The molecule has 1 heterocycles. The topological polar surface area (TPSA) is 38.0 Å². The molecule has 2 nitrogen and oxygen atoms in total. The molecule has 1 unspecified atom stereocenters. The zero-order valence-electron chi connectivity index (χ0n) is 12.0. The normalized spacial score (nSPS) is 19.3. The van der Waals surface area contributed by atoms with Crippen LogP contribution in [0.1, 0.15) is 49.3 Å². The number of nitrogens with one attached hydrogen (secondary N) is 1. The molecule has 3 N–H and O–H groups in total. The Bertz CT molecular complexity index is 575. The summed E-state index contributed by atoms with van der Waals surface area (Å²) in [5, 5.41) is 4.36. The van der Waals surface area contributed by atoms with Gasteiger partial charge in [-0.3, -0.25) is 11.3 Å². The monoisotopic (exact) mass is 364 g/mol. The van der Waals surface area contributed by atoms with E-state index in [-0.39, 0.29) is 11.5 Å². The zero-order valence-corrected chi connectivity index (χ0v) is 14.4. The van der Waals surface area contributed by atoms with E-state index in [1.807, 2.05) is 0 Å². The summed E-state index contributed by atoms with van der Waals surface area (Å²) in [5.74, 6) is 6.02. The van der Waals surface area contributed by atoms with Gasteiger partial charge in [0.25, 0.3) is 0 Å². The van der Waals surface area contributed by atoms with Crippen LogP contribution in [0.15, 0.2) is 45.6 Å². The van der Waals surface area contributed by atoms with Gasteiger partial charge in [0.2, 0.25) is 0 Å². The molecule has 21 heavy (non-hydrogen) atoms. The number of hydrazine groups is 1. The van der Waals surface area contributed by atoms with Gasteiger partial charge in [0.15, 0.2) is 0 Å². The van der Waals surface area contributed by atoms with Crippen LogP contribution in [0.25, 0.3) is 0 Å². The fourth-order valence-electron chi connectivity index (χ4n) is 3.74. The van der Waals surface area contributed by atoms with E-state index in [0.717, 1.165) is 4.47 Å². The van der Waals surface area contributed by atoms with Crippen molar-refractivity contribution in [3.63, 3.8) is 0 Å². The lowest BCUT2D eigenvalue weighted by molar-refractivity contribution is 0.214. The van der Waals surface area contributed by atoms with Crippen LogP contribution in [-0.2, 0) is 5.41 Å². The molecule has 0 aliphatic heterocycles. The number of rotatable bonds is 4. The summed E-state index contributed by atoms with van der Waals surface area (Å²) in [6.45, 7) is 0. The van der Waals surface area contributed by atoms with Crippen molar-refractivity contribution < 1.29 is 0 Å². The van der Waals surface area contributed by atoms with Crippen LogP contribution in [0.2, 0.25) is 0 Å². The molecule has 1 aromatic carbocycles. The number of nitrogens with two attached hydrogens (primary N) is 1. The molecule has 1 aliphatic carbocycles. The maximum absolute atomic E-state index is 6.02. The molecule has 0 bridgehead atoms. The molecule has 1 saturated carbocycles. The Morgan fingerprint density at radius 1 is 1.10 bits per heavy atom. The van der Waals surface area contributed by atoms with Gasteiger partial charge >= 0.3 is 0 Å². The summed E-state index contributed by atoms with van der Waals surface area (Å²) in [4.78, 5) is 0. The highest BCUT2D eigenvalue weighted by Crippen LogP contribution is 2.49. The minimum Gasteiger partial charge on any atom is -0.271 e. The summed E-state index contributed by atoms with van der Waals surface area (Å²) in [5.41, 5.74) is 5.92. The molecular formula is C17H21BrN2S. The van der Waals surface area contributed by atoms with E-state index in [2.05, 4.69) is 62.4 Å². The predicted molar refractivity (Wildman–Crippen MR) is 93.3 cm³/mol. The molecule has 112 valence electrons. The molecule has 3 rings (SSSR count). The average molecular weight is 365 g/mol. The third-order valence-electron chi connectivity index (χ3n) is 4.77. The van der Waals surface area contributed by atoms with Crippen LogP contribution in [0, 0.1) is 0 Å². The molecule has 0 radical (unpaired) electrons. The lowest BCUT2D eigenvalue weighted by Crippen LogP contribution is -2.45. The SMILES string of the molecule is NNC(c1cscc1Br)C1(c2ccccc2)CCCCC1. The molecule has 1 aromatic heterocycles. The largest absolute Gasteiger partial charge is 0.271 e. The average Bonchev–Trinajstić information content (AvgIpc) is 2.96. The van der Waals surface area contributed by atoms with Crippen molar-refractivity contribution in [1.82, 2.24) is 5.43 Å². The van der Waals surface area contributed by atoms with Gasteiger partial charge in [-0.15, -0.1) is 0 Å². The first-order valence-electron chi connectivity index (χ1n) is 7.51. The highest BCUT2D eigenvalue weighted by molar-refractivity contribution is 9.10. The summed E-state index contributed by atoms with van der Waals surface area (Å²) >= 11 is 5.41. The standard InChI is InChI=1S/C17H21BrN2S/c18-15-12-21-11-14(15)16(20-19)17(9-5-2-6-10-17)13-7-3-1-4-8-13/h1,3-4,7-8,11-12,16,20H,2,5-6,9-10,19H2. The smallest absolute Gasteiger partial charge is 0.0575 e. The number of halogens is 1. The van der Waals surface area contributed by atoms with E-state index in [9.17, 15) is 0 Å². The lowest BCUT2D eigenvalue weighted by Gasteiger charge is -2.44. The minimum absolute atomic E-state index is 0.0951. The van der Waals surface area contributed by atoms with Crippen LogP contribution in [0.3, 0.4) is 0 Å². The molecule has 2 aromatic rings. The van der Waals surface area contributed by atoms with Crippen molar-refractivity contribution in [3.05, 3.63) is 56.7 Å². The Labute approximate surface area is 138 Å². The van der Waals surface area contributed by atoms with Crippen molar-refractivity contribution in [3.8, 4) is 0 Å². The van der Waals surface area contributed by atoms with Crippen LogP contribution in [0.4, 0.5) is 0 Å². The minimum atomic E-state index is 0.0951. The molecule has 0 amide bonds. The first-order chi connectivity index (χ1) is 10.3. The maximum atomic E-state index is 6.02.